The van der Waals surface area contributed by atoms with Crippen molar-refractivity contribution < 1.29 is 0 Å². The van der Waals surface area contributed by atoms with E-state index in [4.69, 9.17) is 12.2 Å². The fourth-order valence-corrected chi connectivity index (χ4v) is 2.10. The Bertz CT molecular complexity index is 733. The van der Waals surface area contributed by atoms with Gasteiger partial charge in [-0.2, -0.15) is 5.10 Å². The number of benzene rings is 1. The first-order chi connectivity index (χ1) is 9.84. The van der Waals surface area contributed by atoms with Crippen molar-refractivity contribution in [3.8, 4) is 11.4 Å². The molecule has 3 aromatic rings. The quantitative estimate of drug-likeness (QED) is 0.723. The van der Waals surface area contributed by atoms with E-state index in [-0.39, 0.29) is 0 Å². The van der Waals surface area contributed by atoms with Crippen LogP contribution in [0.5, 0.6) is 0 Å². The Kier molecular flexibility index (Phi) is 3.56. The lowest BCUT2D eigenvalue weighted by Gasteiger charge is -2.09. The van der Waals surface area contributed by atoms with Gasteiger partial charge in [0, 0.05) is 18.0 Å². The second-order valence-corrected chi connectivity index (χ2v) is 4.63. The first-order valence-corrected chi connectivity index (χ1v) is 6.61. The minimum absolute atomic E-state index is 0.535. The van der Waals surface area contributed by atoms with E-state index in [1.807, 2.05) is 30.3 Å². The van der Waals surface area contributed by atoms with Crippen LogP contribution in [-0.4, -0.2) is 19.9 Å². The fraction of sp³-hybridized carbons (Fsp3) is 0.0714. The van der Waals surface area contributed by atoms with E-state index >= 15 is 0 Å². The molecule has 0 aliphatic carbocycles. The molecule has 0 aliphatic rings. The predicted octanol–water partition coefficient (Wildman–Crippen LogP) is 2.75. The summed E-state index contributed by atoms with van der Waals surface area (Å²) in [5.41, 5.74) is 5.40. The van der Waals surface area contributed by atoms with Crippen molar-refractivity contribution in [2.75, 3.05) is 5.43 Å². The number of nitrogens with zero attached hydrogens (tertiary/aromatic N) is 3. The molecule has 20 heavy (non-hydrogen) atoms. The number of pyridine rings is 1. The molecule has 0 spiro atoms. The molecule has 0 fully saturated rings. The molecule has 3 rings (SSSR count). The van der Waals surface area contributed by atoms with Crippen molar-refractivity contribution in [3.63, 3.8) is 0 Å². The Morgan fingerprint density at radius 3 is 2.60 bits per heavy atom. The molecule has 2 N–H and O–H groups in total. The molecule has 5 nitrogen and oxygen atoms in total. The van der Waals surface area contributed by atoms with Crippen molar-refractivity contribution in [2.45, 2.75) is 6.54 Å². The van der Waals surface area contributed by atoms with Gasteiger partial charge in [-0.1, -0.05) is 30.3 Å². The number of hydrogen-bond donors (Lipinski definition) is 2. The second-order valence-electron chi connectivity index (χ2n) is 4.24. The standard InChI is InChI=1S/C14H13N5S/c20-14-18-17-13(12-6-8-15-9-7-12)19(14)16-10-11-4-2-1-3-5-11/h1-9,16H,10H2,(H,18,20). The highest BCUT2D eigenvalue weighted by Crippen LogP contribution is 2.14. The van der Waals surface area contributed by atoms with Crippen molar-refractivity contribution in [2.24, 2.45) is 0 Å². The number of aromatic amines is 1. The van der Waals surface area contributed by atoms with Crippen LogP contribution in [0.15, 0.2) is 54.9 Å². The van der Waals surface area contributed by atoms with E-state index in [1.165, 1.54) is 5.56 Å². The van der Waals surface area contributed by atoms with Gasteiger partial charge in [0.1, 0.15) is 0 Å². The molecule has 0 aliphatic heterocycles. The number of aromatic nitrogens is 4. The summed E-state index contributed by atoms with van der Waals surface area (Å²) in [4.78, 5) is 4.01. The van der Waals surface area contributed by atoms with Crippen LogP contribution in [0.4, 0.5) is 0 Å². The zero-order valence-electron chi connectivity index (χ0n) is 10.7. The SMILES string of the molecule is S=c1[nH]nc(-c2ccncc2)n1NCc1ccccc1. The summed E-state index contributed by atoms with van der Waals surface area (Å²) in [6.07, 6.45) is 3.46. The van der Waals surface area contributed by atoms with Crippen LogP contribution in [0.25, 0.3) is 11.4 Å². The van der Waals surface area contributed by atoms with Gasteiger partial charge in [0.15, 0.2) is 5.82 Å². The Labute approximate surface area is 121 Å². The summed E-state index contributed by atoms with van der Waals surface area (Å²) in [5.74, 6) is 0.744. The van der Waals surface area contributed by atoms with Gasteiger partial charge in [-0.05, 0) is 29.9 Å². The lowest BCUT2D eigenvalue weighted by Crippen LogP contribution is -2.15. The van der Waals surface area contributed by atoms with Gasteiger partial charge in [0.05, 0.1) is 6.54 Å². The summed E-state index contributed by atoms with van der Waals surface area (Å²) < 4.78 is 2.31. The molecule has 0 atom stereocenters. The zero-order chi connectivity index (χ0) is 13.8. The lowest BCUT2D eigenvalue weighted by molar-refractivity contribution is 0.831. The maximum Gasteiger partial charge on any atom is 0.214 e. The monoisotopic (exact) mass is 283 g/mol. The minimum atomic E-state index is 0.535. The van der Waals surface area contributed by atoms with Crippen LogP contribution in [0.1, 0.15) is 5.56 Å². The van der Waals surface area contributed by atoms with Crippen molar-refractivity contribution in [1.29, 1.82) is 0 Å². The molecule has 0 amide bonds. The van der Waals surface area contributed by atoms with Gasteiger partial charge in [-0.25, -0.2) is 9.77 Å². The molecule has 0 unspecified atom stereocenters. The zero-order valence-corrected chi connectivity index (χ0v) is 11.5. The highest BCUT2D eigenvalue weighted by Gasteiger charge is 2.08. The molecule has 100 valence electrons. The minimum Gasteiger partial charge on any atom is -0.317 e. The van der Waals surface area contributed by atoms with Gasteiger partial charge in [0.25, 0.3) is 0 Å². The summed E-state index contributed by atoms with van der Waals surface area (Å²) in [5, 5.41) is 7.06. The maximum atomic E-state index is 5.26. The van der Waals surface area contributed by atoms with Crippen LogP contribution in [0.3, 0.4) is 0 Å². The van der Waals surface area contributed by atoms with Crippen molar-refractivity contribution in [3.05, 3.63) is 65.2 Å². The fourth-order valence-electron chi connectivity index (χ4n) is 1.90. The number of nitrogens with one attached hydrogen (secondary N) is 2. The van der Waals surface area contributed by atoms with E-state index in [9.17, 15) is 0 Å². The molecule has 0 saturated carbocycles. The topological polar surface area (TPSA) is 58.5 Å². The highest BCUT2D eigenvalue weighted by atomic mass is 32.1. The van der Waals surface area contributed by atoms with Gasteiger partial charge in [-0.3, -0.25) is 4.98 Å². The Morgan fingerprint density at radius 2 is 1.85 bits per heavy atom. The predicted molar refractivity (Wildman–Crippen MR) is 80.1 cm³/mol. The molecule has 2 heterocycles. The number of rotatable bonds is 4. The summed E-state index contributed by atoms with van der Waals surface area (Å²) in [6.45, 7) is 0.673. The second kappa shape index (κ2) is 5.66. The highest BCUT2D eigenvalue weighted by molar-refractivity contribution is 7.71. The first-order valence-electron chi connectivity index (χ1n) is 6.20. The third-order valence-corrected chi connectivity index (χ3v) is 3.17. The first kappa shape index (κ1) is 12.6. The molecule has 0 saturated heterocycles. The van der Waals surface area contributed by atoms with Crippen molar-refractivity contribution >= 4 is 12.2 Å². The van der Waals surface area contributed by atoms with Crippen LogP contribution in [0.2, 0.25) is 0 Å². The van der Waals surface area contributed by atoms with E-state index < -0.39 is 0 Å². The van der Waals surface area contributed by atoms with E-state index in [1.54, 1.807) is 17.1 Å². The smallest absolute Gasteiger partial charge is 0.214 e. The average molecular weight is 283 g/mol. The molecule has 1 aromatic carbocycles. The molecule has 6 heteroatoms. The van der Waals surface area contributed by atoms with Gasteiger partial charge in [0.2, 0.25) is 4.77 Å². The maximum absolute atomic E-state index is 5.26. The van der Waals surface area contributed by atoms with Crippen LogP contribution in [0, 0.1) is 4.77 Å². The summed E-state index contributed by atoms with van der Waals surface area (Å²) >= 11 is 5.26. The number of H-pyrrole nitrogens is 1. The van der Waals surface area contributed by atoms with E-state index in [0.29, 0.717) is 11.3 Å². The largest absolute Gasteiger partial charge is 0.317 e. The molecule has 2 aromatic heterocycles. The van der Waals surface area contributed by atoms with Gasteiger partial charge >= 0.3 is 0 Å². The van der Waals surface area contributed by atoms with Gasteiger partial charge in [-0.15, -0.1) is 0 Å². The van der Waals surface area contributed by atoms with Gasteiger partial charge < -0.3 is 5.43 Å². The Morgan fingerprint density at radius 1 is 1.10 bits per heavy atom. The Hall–Kier alpha value is -2.47. The summed E-state index contributed by atoms with van der Waals surface area (Å²) in [7, 11) is 0. The molecular weight excluding hydrogens is 270 g/mol. The average Bonchev–Trinajstić information content (AvgIpc) is 2.88. The lowest BCUT2D eigenvalue weighted by atomic mass is 10.2. The summed E-state index contributed by atoms with van der Waals surface area (Å²) in [6, 6.07) is 13.9. The molecular formula is C14H13N5S. The van der Waals surface area contributed by atoms with Crippen LogP contribution < -0.4 is 5.43 Å². The third kappa shape index (κ3) is 2.60. The van der Waals surface area contributed by atoms with E-state index in [0.717, 1.165) is 11.4 Å². The third-order valence-electron chi connectivity index (χ3n) is 2.89. The van der Waals surface area contributed by atoms with Crippen LogP contribution in [-0.2, 0) is 6.54 Å². The molecule has 0 radical (unpaired) electrons. The van der Waals surface area contributed by atoms with Crippen LogP contribution >= 0.6 is 12.2 Å². The molecule has 0 bridgehead atoms. The van der Waals surface area contributed by atoms with Crippen molar-refractivity contribution in [1.82, 2.24) is 19.9 Å². The normalized spacial score (nSPS) is 10.4. The number of hydrogen-bond acceptors (Lipinski definition) is 4. The Balaban J connectivity index is 1.87. The van der Waals surface area contributed by atoms with E-state index in [2.05, 4.69) is 32.7 Å².